The van der Waals surface area contributed by atoms with Gasteiger partial charge in [0.1, 0.15) is 11.6 Å². The predicted molar refractivity (Wildman–Crippen MR) is 125 cm³/mol. The first-order chi connectivity index (χ1) is 16.4. The molecule has 1 unspecified atom stereocenters. The Morgan fingerprint density at radius 1 is 1.06 bits per heavy atom. The number of benzene rings is 3. The van der Waals surface area contributed by atoms with E-state index in [-0.39, 0.29) is 28.8 Å². The van der Waals surface area contributed by atoms with Crippen LogP contribution >= 0.6 is 11.6 Å². The fourth-order valence-electron chi connectivity index (χ4n) is 4.18. The third-order valence-electron chi connectivity index (χ3n) is 5.98. The molecule has 3 aromatic carbocycles. The number of aryl methyl sites for hydroxylation is 1. The zero-order valence-electron chi connectivity index (χ0n) is 18.0. The van der Waals surface area contributed by atoms with Gasteiger partial charge >= 0.3 is 0 Å². The zero-order chi connectivity index (χ0) is 24.0. The molecule has 6 nitrogen and oxygen atoms in total. The highest BCUT2D eigenvalue weighted by molar-refractivity contribution is 6.51. The number of aliphatic hydroxyl groups excluding tert-OH is 1. The lowest BCUT2D eigenvalue weighted by Crippen LogP contribution is -2.29. The molecule has 0 spiro atoms. The molecular weight excluding hydrogens is 461 g/mol. The van der Waals surface area contributed by atoms with E-state index in [4.69, 9.17) is 21.1 Å². The number of carbonyl (C=O) groups is 2. The van der Waals surface area contributed by atoms with Gasteiger partial charge < -0.3 is 14.6 Å². The Hall–Kier alpha value is -3.84. The van der Waals surface area contributed by atoms with Crippen molar-refractivity contribution in [3.05, 3.63) is 93.8 Å². The Morgan fingerprint density at radius 3 is 2.50 bits per heavy atom. The highest BCUT2D eigenvalue weighted by atomic mass is 35.5. The van der Waals surface area contributed by atoms with Crippen molar-refractivity contribution < 1.29 is 28.6 Å². The lowest BCUT2D eigenvalue weighted by Gasteiger charge is -2.26. The second kappa shape index (κ2) is 8.50. The second-order valence-electron chi connectivity index (χ2n) is 7.93. The van der Waals surface area contributed by atoms with E-state index in [2.05, 4.69) is 0 Å². The number of carbonyl (C=O) groups excluding carboxylic acids is 2. The monoisotopic (exact) mass is 479 g/mol. The van der Waals surface area contributed by atoms with Crippen LogP contribution in [0.4, 0.5) is 10.1 Å². The van der Waals surface area contributed by atoms with Crippen molar-refractivity contribution in [3.63, 3.8) is 0 Å². The van der Waals surface area contributed by atoms with Gasteiger partial charge in [-0.2, -0.15) is 0 Å². The summed E-state index contributed by atoms with van der Waals surface area (Å²) in [7, 11) is 0. The highest BCUT2D eigenvalue weighted by Gasteiger charge is 2.47. The minimum Gasteiger partial charge on any atom is -0.507 e. The Morgan fingerprint density at radius 2 is 1.79 bits per heavy atom. The van der Waals surface area contributed by atoms with Crippen molar-refractivity contribution in [2.75, 3.05) is 11.7 Å². The molecule has 3 aromatic rings. The van der Waals surface area contributed by atoms with E-state index in [9.17, 15) is 19.1 Å². The number of hydrogen-bond donors (Lipinski definition) is 1. The zero-order valence-corrected chi connectivity index (χ0v) is 18.8. The minimum absolute atomic E-state index is 0.0546. The van der Waals surface area contributed by atoms with Crippen molar-refractivity contribution in [2.24, 2.45) is 0 Å². The van der Waals surface area contributed by atoms with Crippen molar-refractivity contribution in [3.8, 4) is 11.5 Å². The molecule has 1 N–H and O–H groups in total. The van der Waals surface area contributed by atoms with Gasteiger partial charge in [0.15, 0.2) is 11.5 Å². The lowest BCUT2D eigenvalue weighted by atomic mass is 9.94. The van der Waals surface area contributed by atoms with Gasteiger partial charge in [0.05, 0.1) is 16.6 Å². The Labute approximate surface area is 199 Å². The van der Waals surface area contributed by atoms with E-state index in [0.29, 0.717) is 22.6 Å². The van der Waals surface area contributed by atoms with Crippen LogP contribution in [0.15, 0.2) is 66.2 Å². The fraction of sp³-hybridized carbons (Fsp3) is 0.154. The van der Waals surface area contributed by atoms with Gasteiger partial charge in [-0.3, -0.25) is 14.5 Å². The Kier molecular flexibility index (Phi) is 5.49. The Bertz CT molecular complexity index is 1350. The molecule has 34 heavy (non-hydrogen) atoms. The molecule has 2 aliphatic rings. The molecule has 2 heterocycles. The van der Waals surface area contributed by atoms with Gasteiger partial charge in [0.25, 0.3) is 11.7 Å². The summed E-state index contributed by atoms with van der Waals surface area (Å²) in [4.78, 5) is 27.6. The summed E-state index contributed by atoms with van der Waals surface area (Å²) in [5, 5.41) is 11.0. The summed E-state index contributed by atoms with van der Waals surface area (Å²) in [6, 6.07) is 15.0. The normalized spacial score (nSPS) is 18.6. The average molecular weight is 480 g/mol. The molecule has 0 aromatic heterocycles. The molecule has 8 heteroatoms. The molecule has 0 aliphatic carbocycles. The molecular formula is C26H19ClFNO5. The van der Waals surface area contributed by atoms with Crippen molar-refractivity contribution >= 4 is 34.7 Å². The summed E-state index contributed by atoms with van der Waals surface area (Å²) in [5.74, 6) is -1.77. The molecule has 1 saturated heterocycles. The number of nitrogens with zero attached hydrogens (tertiary/aromatic N) is 1. The third-order valence-corrected chi connectivity index (χ3v) is 6.27. The lowest BCUT2D eigenvalue weighted by molar-refractivity contribution is -0.132. The topological polar surface area (TPSA) is 76.1 Å². The standard InChI is InChI=1S/C26H19ClFNO5/c1-2-14-3-5-15(6-4-14)23-22(24(30)16-7-10-20-21(11-16)34-13-33-20)25(31)26(32)29(23)17-8-9-19(28)18(27)12-17/h3-12,23,30H,2,13H2,1H3/b24-22-. The minimum atomic E-state index is -0.946. The predicted octanol–water partition coefficient (Wildman–Crippen LogP) is 5.40. The van der Waals surface area contributed by atoms with Crippen LogP contribution in [-0.2, 0) is 16.0 Å². The first-order valence-corrected chi connectivity index (χ1v) is 11.0. The van der Waals surface area contributed by atoms with Crippen LogP contribution in [0, 0.1) is 5.82 Å². The molecule has 5 rings (SSSR count). The van der Waals surface area contributed by atoms with E-state index in [1.165, 1.54) is 17.0 Å². The van der Waals surface area contributed by atoms with Gasteiger partial charge in [-0.15, -0.1) is 0 Å². The second-order valence-corrected chi connectivity index (χ2v) is 8.34. The first kappa shape index (κ1) is 22.0. The molecule has 0 saturated carbocycles. The molecule has 172 valence electrons. The van der Waals surface area contributed by atoms with Gasteiger partial charge in [-0.1, -0.05) is 42.8 Å². The molecule has 2 aliphatic heterocycles. The van der Waals surface area contributed by atoms with Crippen LogP contribution < -0.4 is 14.4 Å². The smallest absolute Gasteiger partial charge is 0.300 e. The van der Waals surface area contributed by atoms with E-state index in [0.717, 1.165) is 18.1 Å². The number of halogens is 2. The molecule has 0 radical (unpaired) electrons. The van der Waals surface area contributed by atoms with Crippen molar-refractivity contribution in [1.29, 1.82) is 0 Å². The summed E-state index contributed by atoms with van der Waals surface area (Å²) in [6.45, 7) is 2.07. The van der Waals surface area contributed by atoms with Crippen LogP contribution in [0.3, 0.4) is 0 Å². The maximum Gasteiger partial charge on any atom is 0.300 e. The third kappa shape index (κ3) is 3.58. The fourth-order valence-corrected chi connectivity index (χ4v) is 4.36. The maximum atomic E-state index is 13.8. The van der Waals surface area contributed by atoms with Gasteiger partial charge in [-0.05, 0) is 53.9 Å². The number of ether oxygens (including phenoxy) is 2. The van der Waals surface area contributed by atoms with E-state index in [1.807, 2.05) is 19.1 Å². The SMILES string of the molecule is CCc1ccc(C2/C(=C(/O)c3ccc4c(c3)OCO4)C(=O)C(=O)N2c2ccc(F)c(Cl)c2)cc1. The van der Waals surface area contributed by atoms with Gasteiger partial charge in [-0.25, -0.2) is 4.39 Å². The van der Waals surface area contributed by atoms with E-state index in [1.54, 1.807) is 30.3 Å². The Balaban J connectivity index is 1.70. The van der Waals surface area contributed by atoms with Crippen LogP contribution in [0.2, 0.25) is 5.02 Å². The number of anilines is 1. The summed E-state index contributed by atoms with van der Waals surface area (Å²) in [6.07, 6.45) is 0.811. The number of rotatable bonds is 4. The van der Waals surface area contributed by atoms with E-state index < -0.39 is 23.5 Å². The van der Waals surface area contributed by atoms with Crippen LogP contribution in [-0.4, -0.2) is 23.6 Å². The highest BCUT2D eigenvalue weighted by Crippen LogP contribution is 2.44. The quantitative estimate of drug-likeness (QED) is 0.308. The molecule has 1 atom stereocenters. The number of amides is 1. The van der Waals surface area contributed by atoms with Gasteiger partial charge in [0, 0.05) is 11.3 Å². The number of fused-ring (bicyclic) bond motifs is 1. The number of aliphatic hydroxyl groups is 1. The van der Waals surface area contributed by atoms with Crippen molar-refractivity contribution in [2.45, 2.75) is 19.4 Å². The average Bonchev–Trinajstić information content (AvgIpc) is 3.42. The molecule has 0 bridgehead atoms. The van der Waals surface area contributed by atoms with E-state index >= 15 is 0 Å². The summed E-state index contributed by atoms with van der Waals surface area (Å²) < 4.78 is 24.5. The summed E-state index contributed by atoms with van der Waals surface area (Å²) >= 11 is 5.97. The largest absolute Gasteiger partial charge is 0.507 e. The summed E-state index contributed by atoms with van der Waals surface area (Å²) in [5.41, 5.74) is 2.13. The number of Topliss-reactive ketones (excluding diaryl/α,β-unsaturated/α-hetero) is 1. The molecule has 1 fully saturated rings. The molecule has 1 amide bonds. The van der Waals surface area contributed by atoms with Crippen LogP contribution in [0.25, 0.3) is 5.76 Å². The van der Waals surface area contributed by atoms with Crippen LogP contribution in [0.1, 0.15) is 29.7 Å². The number of ketones is 1. The van der Waals surface area contributed by atoms with Crippen molar-refractivity contribution in [1.82, 2.24) is 0 Å². The number of hydrogen-bond acceptors (Lipinski definition) is 5. The maximum absolute atomic E-state index is 13.8. The first-order valence-electron chi connectivity index (χ1n) is 10.6. The van der Waals surface area contributed by atoms with Crippen LogP contribution in [0.5, 0.6) is 11.5 Å². The van der Waals surface area contributed by atoms with Gasteiger partial charge in [0.2, 0.25) is 6.79 Å².